The average Bonchev–Trinajstić information content (AvgIpc) is 3.24. The highest BCUT2D eigenvalue weighted by Gasteiger charge is 2.41. The van der Waals surface area contributed by atoms with Crippen LogP contribution in [-0.2, 0) is 11.3 Å². The average molecular weight is 451 g/mol. The van der Waals surface area contributed by atoms with Crippen LogP contribution in [0.2, 0.25) is 0 Å². The minimum atomic E-state index is -4.56. The monoisotopic (exact) mass is 451 g/mol. The van der Waals surface area contributed by atoms with Gasteiger partial charge in [-0.3, -0.25) is 9.59 Å². The standard InChI is InChI=1S/C23H24F3NO5/c24-23(25,26)15-27(13-17-5-4-10-30-17)21(29)14-31-16-6-7-18-19(28)12-22(32-20(18)11-16)8-2-1-3-9-22/h4-7,10-11H,1-3,8-9,12-15H2. The Labute approximate surface area is 183 Å². The summed E-state index contributed by atoms with van der Waals surface area (Å²) in [5, 5.41) is 0. The van der Waals surface area contributed by atoms with E-state index in [-0.39, 0.29) is 23.8 Å². The molecule has 32 heavy (non-hydrogen) atoms. The highest BCUT2D eigenvalue weighted by Crippen LogP contribution is 2.42. The van der Waals surface area contributed by atoms with Crippen molar-refractivity contribution in [3.8, 4) is 11.5 Å². The Morgan fingerprint density at radius 1 is 1.16 bits per heavy atom. The number of fused-ring (bicyclic) bond motifs is 1. The number of amides is 1. The molecular weight excluding hydrogens is 427 g/mol. The first-order valence-corrected chi connectivity index (χ1v) is 10.6. The summed E-state index contributed by atoms with van der Waals surface area (Å²) in [5.74, 6) is 0.0578. The normalized spacial score (nSPS) is 17.5. The molecule has 2 aliphatic rings. The highest BCUT2D eigenvalue weighted by molar-refractivity contribution is 6.00. The van der Waals surface area contributed by atoms with E-state index in [1.807, 2.05) is 0 Å². The van der Waals surface area contributed by atoms with Gasteiger partial charge in [-0.2, -0.15) is 13.2 Å². The SMILES string of the molecule is O=C1CC2(CCCCC2)Oc2cc(OCC(=O)N(Cc3ccco3)CC(F)(F)F)ccc21. The van der Waals surface area contributed by atoms with Crippen LogP contribution in [0.1, 0.15) is 54.6 Å². The summed E-state index contributed by atoms with van der Waals surface area (Å²) in [6.45, 7) is -2.33. The van der Waals surface area contributed by atoms with E-state index in [2.05, 4.69) is 0 Å². The van der Waals surface area contributed by atoms with Crippen LogP contribution in [0.4, 0.5) is 13.2 Å². The summed E-state index contributed by atoms with van der Waals surface area (Å²) in [6.07, 6.45) is 1.84. The summed E-state index contributed by atoms with van der Waals surface area (Å²) < 4.78 is 55.6. The van der Waals surface area contributed by atoms with Crippen LogP contribution in [-0.4, -0.2) is 41.5 Å². The number of ketones is 1. The lowest BCUT2D eigenvalue weighted by Gasteiger charge is -2.40. The molecule has 1 aliphatic carbocycles. The number of furan rings is 1. The number of alkyl halides is 3. The summed E-state index contributed by atoms with van der Waals surface area (Å²) >= 11 is 0. The van der Waals surface area contributed by atoms with Crippen LogP contribution >= 0.6 is 0 Å². The maximum Gasteiger partial charge on any atom is 0.406 e. The van der Waals surface area contributed by atoms with Crippen molar-refractivity contribution in [3.63, 3.8) is 0 Å². The molecule has 0 atom stereocenters. The Morgan fingerprint density at radius 3 is 2.62 bits per heavy atom. The Hall–Kier alpha value is -2.97. The first kappa shape index (κ1) is 22.2. The molecule has 172 valence electrons. The summed E-state index contributed by atoms with van der Waals surface area (Å²) in [4.78, 5) is 25.7. The number of ether oxygens (including phenoxy) is 2. The molecule has 1 aliphatic heterocycles. The lowest BCUT2D eigenvalue weighted by Crippen LogP contribution is -2.43. The van der Waals surface area contributed by atoms with E-state index in [1.165, 1.54) is 30.5 Å². The van der Waals surface area contributed by atoms with Crippen LogP contribution in [0.25, 0.3) is 0 Å². The van der Waals surface area contributed by atoms with Gasteiger partial charge in [-0.1, -0.05) is 6.42 Å². The summed E-state index contributed by atoms with van der Waals surface area (Å²) in [7, 11) is 0. The Bertz CT molecular complexity index is 965. The minimum Gasteiger partial charge on any atom is -0.486 e. The minimum absolute atomic E-state index is 0.00516. The molecule has 0 unspecified atom stereocenters. The van der Waals surface area contributed by atoms with E-state index in [0.717, 1.165) is 32.1 Å². The van der Waals surface area contributed by atoms with Gasteiger partial charge in [0.15, 0.2) is 12.4 Å². The Kier molecular flexibility index (Phi) is 6.17. The lowest BCUT2D eigenvalue weighted by atomic mass is 9.78. The fourth-order valence-corrected chi connectivity index (χ4v) is 4.32. The number of carbonyl (C=O) groups excluding carboxylic acids is 2. The predicted molar refractivity (Wildman–Crippen MR) is 108 cm³/mol. The van der Waals surface area contributed by atoms with Crippen LogP contribution in [0.5, 0.6) is 11.5 Å². The number of nitrogens with zero attached hydrogens (tertiary/aromatic N) is 1. The van der Waals surface area contributed by atoms with Gasteiger partial charge in [-0.05, 0) is 49.9 Å². The third kappa shape index (κ3) is 5.26. The van der Waals surface area contributed by atoms with Crippen LogP contribution in [0, 0.1) is 0 Å². The first-order valence-electron chi connectivity index (χ1n) is 10.6. The van der Waals surface area contributed by atoms with E-state index >= 15 is 0 Å². The van der Waals surface area contributed by atoms with E-state index in [9.17, 15) is 22.8 Å². The van der Waals surface area contributed by atoms with E-state index in [1.54, 1.807) is 6.07 Å². The number of halogens is 3. The van der Waals surface area contributed by atoms with Crippen molar-refractivity contribution in [2.75, 3.05) is 13.2 Å². The van der Waals surface area contributed by atoms with Gasteiger partial charge < -0.3 is 18.8 Å². The van der Waals surface area contributed by atoms with Crippen molar-refractivity contribution in [2.45, 2.75) is 56.8 Å². The van der Waals surface area contributed by atoms with Crippen molar-refractivity contribution >= 4 is 11.7 Å². The number of benzene rings is 1. The number of hydrogen-bond donors (Lipinski definition) is 0. The molecule has 0 N–H and O–H groups in total. The molecule has 9 heteroatoms. The number of hydrogen-bond acceptors (Lipinski definition) is 5. The molecule has 0 saturated heterocycles. The van der Waals surface area contributed by atoms with Gasteiger partial charge >= 0.3 is 6.18 Å². The lowest BCUT2D eigenvalue weighted by molar-refractivity contribution is -0.164. The Morgan fingerprint density at radius 2 is 1.94 bits per heavy atom. The van der Waals surface area contributed by atoms with E-state index in [4.69, 9.17) is 13.9 Å². The molecular formula is C23H24F3NO5. The molecule has 1 fully saturated rings. The van der Waals surface area contributed by atoms with Crippen molar-refractivity contribution in [1.82, 2.24) is 4.90 Å². The largest absolute Gasteiger partial charge is 0.486 e. The molecule has 1 saturated carbocycles. The summed E-state index contributed by atoms with van der Waals surface area (Å²) in [5.41, 5.74) is -0.0417. The van der Waals surface area contributed by atoms with Gasteiger partial charge in [0.05, 0.1) is 24.8 Å². The zero-order valence-corrected chi connectivity index (χ0v) is 17.5. The van der Waals surface area contributed by atoms with Crippen LogP contribution in [0.15, 0.2) is 41.0 Å². The second-order valence-electron chi connectivity index (χ2n) is 8.34. The van der Waals surface area contributed by atoms with Gasteiger partial charge in [0, 0.05) is 6.07 Å². The predicted octanol–water partition coefficient (Wildman–Crippen LogP) is 4.92. The van der Waals surface area contributed by atoms with Gasteiger partial charge in [0.25, 0.3) is 5.91 Å². The molecule has 2 aromatic rings. The molecule has 4 rings (SSSR count). The highest BCUT2D eigenvalue weighted by atomic mass is 19.4. The second kappa shape index (κ2) is 8.88. The van der Waals surface area contributed by atoms with Gasteiger partial charge in [0.2, 0.25) is 0 Å². The second-order valence-corrected chi connectivity index (χ2v) is 8.34. The van der Waals surface area contributed by atoms with Crippen molar-refractivity contribution < 1.29 is 36.7 Å². The number of carbonyl (C=O) groups is 2. The van der Waals surface area contributed by atoms with Gasteiger partial charge in [-0.25, -0.2) is 0 Å². The third-order valence-electron chi connectivity index (χ3n) is 5.84. The fourth-order valence-electron chi connectivity index (χ4n) is 4.32. The molecule has 0 bridgehead atoms. The molecule has 6 nitrogen and oxygen atoms in total. The molecule has 1 aromatic carbocycles. The number of Topliss-reactive ketones (excluding diaryl/α,β-unsaturated/α-hetero) is 1. The molecule has 0 radical (unpaired) electrons. The third-order valence-corrected chi connectivity index (χ3v) is 5.84. The zero-order chi connectivity index (χ0) is 22.8. The molecule has 2 heterocycles. The van der Waals surface area contributed by atoms with E-state index in [0.29, 0.717) is 22.6 Å². The maximum absolute atomic E-state index is 12.9. The van der Waals surface area contributed by atoms with Crippen molar-refractivity contribution in [1.29, 1.82) is 0 Å². The van der Waals surface area contributed by atoms with E-state index < -0.39 is 30.8 Å². The van der Waals surface area contributed by atoms with Crippen molar-refractivity contribution in [2.24, 2.45) is 0 Å². The number of rotatable bonds is 6. The first-order chi connectivity index (χ1) is 15.2. The molecule has 1 aromatic heterocycles. The van der Waals surface area contributed by atoms with Crippen LogP contribution in [0.3, 0.4) is 0 Å². The molecule has 1 spiro atoms. The van der Waals surface area contributed by atoms with Gasteiger partial charge in [0.1, 0.15) is 29.4 Å². The maximum atomic E-state index is 12.9. The quantitative estimate of drug-likeness (QED) is 0.624. The topological polar surface area (TPSA) is 69.0 Å². The van der Waals surface area contributed by atoms with Crippen LogP contribution < -0.4 is 9.47 Å². The van der Waals surface area contributed by atoms with Crippen molar-refractivity contribution in [3.05, 3.63) is 47.9 Å². The van der Waals surface area contributed by atoms with Gasteiger partial charge in [-0.15, -0.1) is 0 Å². The molecule has 1 amide bonds. The zero-order valence-electron chi connectivity index (χ0n) is 17.5. The Balaban J connectivity index is 1.44. The summed E-state index contributed by atoms with van der Waals surface area (Å²) in [6, 6.07) is 7.67. The smallest absolute Gasteiger partial charge is 0.406 e. The fraction of sp³-hybridized carbons (Fsp3) is 0.478.